The number of aliphatic imine (C=N–C) groups is 1. The summed E-state index contributed by atoms with van der Waals surface area (Å²) < 4.78 is 16.1. The normalized spacial score (nSPS) is 14.5. The molecule has 0 radical (unpaired) electrons. The highest BCUT2D eigenvalue weighted by atomic mass is 35.5. The summed E-state index contributed by atoms with van der Waals surface area (Å²) in [6, 6.07) is 14.4. The molecule has 8 nitrogen and oxygen atoms in total. The van der Waals surface area contributed by atoms with E-state index < -0.39 is 10.9 Å². The molecule has 4 rings (SSSR count). The number of nitro benzene ring substituents is 1. The smallest absolute Gasteiger partial charge is 0.363 e. The van der Waals surface area contributed by atoms with Crippen molar-refractivity contribution in [2.24, 2.45) is 4.99 Å². The Labute approximate surface area is 175 Å². The molecule has 1 aliphatic rings. The molecule has 0 spiro atoms. The predicted molar refractivity (Wildman–Crippen MR) is 108 cm³/mol. The maximum atomic E-state index is 12.2. The van der Waals surface area contributed by atoms with Crippen LogP contribution in [0.4, 0.5) is 5.69 Å². The monoisotopic (exact) mass is 424 g/mol. The zero-order valence-corrected chi connectivity index (χ0v) is 16.0. The van der Waals surface area contributed by atoms with Crippen LogP contribution in [-0.2, 0) is 16.1 Å². The van der Waals surface area contributed by atoms with Gasteiger partial charge >= 0.3 is 5.97 Å². The Balaban J connectivity index is 1.65. The van der Waals surface area contributed by atoms with E-state index in [-0.39, 0.29) is 23.9 Å². The van der Waals surface area contributed by atoms with E-state index >= 15 is 0 Å². The van der Waals surface area contributed by atoms with Gasteiger partial charge in [0.15, 0.2) is 11.5 Å². The fourth-order valence-electron chi connectivity index (χ4n) is 2.70. The molecule has 0 atom stereocenters. The standard InChI is InChI=1S/C21H13ClN2O6/c22-15-5-3-13(4-6-15)12-29-18-8-7-16(24(26)27)10-14(18)11-17-21(25)30-20(23-17)19-2-1-9-28-19/h1-11H,12H2. The number of cyclic esters (lactones) is 1. The summed E-state index contributed by atoms with van der Waals surface area (Å²) in [6.45, 7) is 0.205. The number of non-ortho nitro benzene ring substituents is 1. The average Bonchev–Trinajstić information content (AvgIpc) is 3.38. The van der Waals surface area contributed by atoms with E-state index in [1.165, 1.54) is 30.5 Å². The highest BCUT2D eigenvalue weighted by molar-refractivity contribution is 6.30. The lowest BCUT2D eigenvalue weighted by atomic mass is 10.1. The average molecular weight is 425 g/mol. The van der Waals surface area contributed by atoms with Crippen molar-refractivity contribution in [2.75, 3.05) is 0 Å². The van der Waals surface area contributed by atoms with Crippen LogP contribution in [-0.4, -0.2) is 16.8 Å². The van der Waals surface area contributed by atoms with Gasteiger partial charge in [0, 0.05) is 22.7 Å². The predicted octanol–water partition coefficient (Wildman–Crippen LogP) is 4.76. The van der Waals surface area contributed by atoms with E-state index in [4.69, 9.17) is 25.5 Å². The molecule has 1 aromatic heterocycles. The van der Waals surface area contributed by atoms with Crippen LogP contribution in [0.1, 0.15) is 16.9 Å². The van der Waals surface area contributed by atoms with Gasteiger partial charge in [-0.15, -0.1) is 0 Å². The van der Waals surface area contributed by atoms with Gasteiger partial charge < -0.3 is 13.9 Å². The SMILES string of the molecule is O=C1OC(c2ccco2)=NC1=Cc1cc([N+](=O)[O-])ccc1OCc1ccc(Cl)cc1. The number of hydrogen-bond donors (Lipinski definition) is 0. The molecular weight excluding hydrogens is 412 g/mol. The Morgan fingerprint density at radius 1 is 1.17 bits per heavy atom. The van der Waals surface area contributed by atoms with Crippen molar-refractivity contribution in [3.8, 4) is 5.75 Å². The van der Waals surface area contributed by atoms with Gasteiger partial charge in [0.25, 0.3) is 11.6 Å². The number of hydrogen-bond acceptors (Lipinski definition) is 7. The minimum absolute atomic E-state index is 0.0188. The number of benzene rings is 2. The quantitative estimate of drug-likeness (QED) is 0.244. The van der Waals surface area contributed by atoms with E-state index in [0.717, 1.165) is 5.56 Å². The molecule has 150 valence electrons. The van der Waals surface area contributed by atoms with E-state index in [1.54, 1.807) is 36.4 Å². The van der Waals surface area contributed by atoms with Crippen molar-refractivity contribution >= 4 is 35.2 Å². The molecule has 2 aromatic carbocycles. The third-order valence-corrected chi connectivity index (χ3v) is 4.41. The number of carbonyl (C=O) groups excluding carboxylic acids is 1. The van der Waals surface area contributed by atoms with Crippen molar-refractivity contribution in [2.45, 2.75) is 6.61 Å². The zero-order chi connectivity index (χ0) is 21.1. The van der Waals surface area contributed by atoms with Crippen LogP contribution in [0.25, 0.3) is 6.08 Å². The van der Waals surface area contributed by atoms with Gasteiger partial charge in [-0.25, -0.2) is 9.79 Å². The summed E-state index contributed by atoms with van der Waals surface area (Å²) in [4.78, 5) is 27.0. The number of esters is 1. The maximum Gasteiger partial charge on any atom is 0.363 e. The van der Waals surface area contributed by atoms with Gasteiger partial charge in [-0.05, 0) is 42.0 Å². The van der Waals surface area contributed by atoms with Crippen LogP contribution in [0.15, 0.2) is 76.0 Å². The fraction of sp³-hybridized carbons (Fsp3) is 0.0476. The molecule has 0 fully saturated rings. The highest BCUT2D eigenvalue weighted by Gasteiger charge is 2.26. The van der Waals surface area contributed by atoms with E-state index in [0.29, 0.717) is 22.1 Å². The Bertz CT molecular complexity index is 1170. The maximum absolute atomic E-state index is 12.2. The Hall–Kier alpha value is -3.91. The Morgan fingerprint density at radius 3 is 2.67 bits per heavy atom. The van der Waals surface area contributed by atoms with Crippen LogP contribution in [0.5, 0.6) is 5.75 Å². The summed E-state index contributed by atoms with van der Waals surface area (Å²) in [5, 5.41) is 11.8. The lowest BCUT2D eigenvalue weighted by Gasteiger charge is -2.10. The largest absolute Gasteiger partial charge is 0.488 e. The van der Waals surface area contributed by atoms with Gasteiger partial charge in [-0.2, -0.15) is 0 Å². The molecule has 0 unspecified atom stereocenters. The second-order valence-electron chi connectivity index (χ2n) is 6.21. The third-order valence-electron chi connectivity index (χ3n) is 4.16. The van der Waals surface area contributed by atoms with Gasteiger partial charge in [0.1, 0.15) is 12.4 Å². The number of rotatable bonds is 6. The molecule has 0 aliphatic carbocycles. The molecule has 30 heavy (non-hydrogen) atoms. The number of nitro groups is 1. The molecule has 0 amide bonds. The first kappa shape index (κ1) is 19.4. The molecule has 0 saturated heterocycles. The summed E-state index contributed by atoms with van der Waals surface area (Å²) in [5.74, 6) is -0.0376. The summed E-state index contributed by atoms with van der Waals surface area (Å²) >= 11 is 5.88. The number of furan rings is 1. The van der Waals surface area contributed by atoms with Crippen molar-refractivity contribution in [1.82, 2.24) is 0 Å². The molecule has 9 heteroatoms. The van der Waals surface area contributed by atoms with E-state index in [1.807, 2.05) is 0 Å². The minimum atomic E-state index is -0.698. The van der Waals surface area contributed by atoms with Gasteiger partial charge in [-0.3, -0.25) is 10.1 Å². The Morgan fingerprint density at radius 2 is 1.97 bits per heavy atom. The molecule has 0 saturated carbocycles. The lowest BCUT2D eigenvalue weighted by molar-refractivity contribution is -0.384. The first-order valence-corrected chi connectivity index (χ1v) is 9.09. The van der Waals surface area contributed by atoms with Gasteiger partial charge in [-0.1, -0.05) is 23.7 Å². The van der Waals surface area contributed by atoms with Crippen molar-refractivity contribution in [1.29, 1.82) is 0 Å². The second kappa shape index (κ2) is 8.22. The Kier molecular flexibility index (Phi) is 5.32. The third kappa shape index (κ3) is 4.23. The summed E-state index contributed by atoms with van der Waals surface area (Å²) in [5.41, 5.74) is 0.991. The molecular formula is C21H13ClN2O6. The molecule has 1 aliphatic heterocycles. The summed E-state index contributed by atoms with van der Waals surface area (Å²) in [6.07, 6.45) is 2.80. The lowest BCUT2D eigenvalue weighted by Crippen LogP contribution is -2.04. The van der Waals surface area contributed by atoms with Crippen LogP contribution < -0.4 is 4.74 Å². The van der Waals surface area contributed by atoms with Crippen LogP contribution in [0, 0.1) is 10.1 Å². The van der Waals surface area contributed by atoms with Crippen LogP contribution in [0.2, 0.25) is 5.02 Å². The number of halogens is 1. The fourth-order valence-corrected chi connectivity index (χ4v) is 2.82. The number of ether oxygens (including phenoxy) is 2. The topological polar surface area (TPSA) is 104 Å². The van der Waals surface area contributed by atoms with Crippen molar-refractivity contribution in [3.05, 3.63) is 98.6 Å². The van der Waals surface area contributed by atoms with Gasteiger partial charge in [0.05, 0.1) is 11.2 Å². The zero-order valence-electron chi connectivity index (χ0n) is 15.3. The number of carbonyl (C=O) groups is 1. The van der Waals surface area contributed by atoms with E-state index in [2.05, 4.69) is 4.99 Å². The minimum Gasteiger partial charge on any atom is -0.488 e. The highest BCUT2D eigenvalue weighted by Crippen LogP contribution is 2.29. The van der Waals surface area contributed by atoms with Crippen LogP contribution >= 0.6 is 11.6 Å². The van der Waals surface area contributed by atoms with Crippen LogP contribution in [0.3, 0.4) is 0 Å². The van der Waals surface area contributed by atoms with Crippen molar-refractivity contribution < 1.29 is 23.6 Å². The second-order valence-corrected chi connectivity index (χ2v) is 6.64. The van der Waals surface area contributed by atoms with Crippen molar-refractivity contribution in [3.63, 3.8) is 0 Å². The molecule has 2 heterocycles. The van der Waals surface area contributed by atoms with Gasteiger partial charge in [0.2, 0.25) is 0 Å². The molecule has 0 N–H and O–H groups in total. The first-order valence-electron chi connectivity index (χ1n) is 8.72. The first-order chi connectivity index (χ1) is 14.5. The number of nitrogens with zero attached hydrogens (tertiary/aromatic N) is 2. The molecule has 3 aromatic rings. The molecule has 0 bridgehead atoms. The summed E-state index contributed by atoms with van der Waals surface area (Å²) in [7, 11) is 0. The van der Waals surface area contributed by atoms with E-state index in [9.17, 15) is 14.9 Å².